The summed E-state index contributed by atoms with van der Waals surface area (Å²) in [6, 6.07) is 7.34. The molecule has 8 heteroatoms. The second kappa shape index (κ2) is 10.9. The van der Waals surface area contributed by atoms with Gasteiger partial charge in [0, 0.05) is 43.0 Å². The van der Waals surface area contributed by atoms with Gasteiger partial charge in [0.05, 0.1) is 26.4 Å². The molecule has 176 valence electrons. The van der Waals surface area contributed by atoms with Crippen LogP contribution >= 0.6 is 11.6 Å². The highest BCUT2D eigenvalue weighted by molar-refractivity contribution is 6.30. The summed E-state index contributed by atoms with van der Waals surface area (Å²) in [5.74, 6) is 0.977. The first kappa shape index (κ1) is 23.3. The van der Waals surface area contributed by atoms with Gasteiger partial charge in [0.2, 0.25) is 11.8 Å². The minimum atomic E-state index is -0.406. The molecular formula is C24H34ClN3O4. The summed E-state index contributed by atoms with van der Waals surface area (Å²) in [6.45, 7) is 6.57. The van der Waals surface area contributed by atoms with E-state index in [1.54, 1.807) is 6.07 Å². The smallest absolute Gasteiger partial charge is 0.236 e. The molecule has 32 heavy (non-hydrogen) atoms. The van der Waals surface area contributed by atoms with Gasteiger partial charge in [-0.25, -0.2) is 0 Å². The first-order valence-corrected chi connectivity index (χ1v) is 12.1. The number of carbonyl (C=O) groups excluding carboxylic acids is 2. The molecule has 3 fully saturated rings. The van der Waals surface area contributed by atoms with Gasteiger partial charge in [0.1, 0.15) is 5.75 Å². The van der Waals surface area contributed by atoms with Crippen molar-refractivity contribution >= 4 is 23.4 Å². The third-order valence-corrected chi connectivity index (χ3v) is 7.04. The van der Waals surface area contributed by atoms with Gasteiger partial charge in [-0.15, -0.1) is 0 Å². The maximum atomic E-state index is 13.2. The molecule has 0 spiro atoms. The second-order valence-electron chi connectivity index (χ2n) is 9.32. The number of carbonyl (C=O) groups is 2. The highest BCUT2D eigenvalue weighted by Crippen LogP contribution is 2.36. The summed E-state index contributed by atoms with van der Waals surface area (Å²) < 4.78 is 11.6. The van der Waals surface area contributed by atoms with Crippen LogP contribution in [-0.4, -0.2) is 92.1 Å². The number of piperidine rings is 1. The molecule has 0 aliphatic carbocycles. The molecule has 4 rings (SSSR count). The van der Waals surface area contributed by atoms with Gasteiger partial charge in [-0.1, -0.05) is 17.7 Å². The van der Waals surface area contributed by atoms with Crippen LogP contribution in [0, 0.1) is 5.41 Å². The van der Waals surface area contributed by atoms with Gasteiger partial charge in [-0.2, -0.15) is 0 Å². The number of amides is 2. The van der Waals surface area contributed by atoms with Crippen LogP contribution in [0.5, 0.6) is 5.75 Å². The number of ether oxygens (including phenoxy) is 2. The lowest BCUT2D eigenvalue weighted by Crippen LogP contribution is -2.53. The lowest BCUT2D eigenvalue weighted by Gasteiger charge is -2.43. The highest BCUT2D eigenvalue weighted by atomic mass is 35.5. The summed E-state index contributed by atoms with van der Waals surface area (Å²) in [7, 11) is 0. The Balaban J connectivity index is 1.46. The van der Waals surface area contributed by atoms with Crippen molar-refractivity contribution in [1.82, 2.24) is 14.7 Å². The quantitative estimate of drug-likeness (QED) is 0.622. The fourth-order valence-electron chi connectivity index (χ4n) is 5.00. The van der Waals surface area contributed by atoms with Gasteiger partial charge in [0.15, 0.2) is 0 Å². The molecule has 0 N–H and O–H groups in total. The number of rotatable bonds is 7. The Labute approximate surface area is 195 Å². The lowest BCUT2D eigenvalue weighted by molar-refractivity contribution is -0.144. The maximum absolute atomic E-state index is 13.2. The van der Waals surface area contributed by atoms with E-state index in [0.717, 1.165) is 32.5 Å². The summed E-state index contributed by atoms with van der Waals surface area (Å²) in [5, 5.41) is 0.618. The van der Waals surface area contributed by atoms with Crippen LogP contribution in [0.3, 0.4) is 0 Å². The number of hydrogen-bond donors (Lipinski definition) is 0. The van der Waals surface area contributed by atoms with E-state index >= 15 is 0 Å². The monoisotopic (exact) mass is 463 g/mol. The van der Waals surface area contributed by atoms with E-state index in [2.05, 4.69) is 4.90 Å². The summed E-state index contributed by atoms with van der Waals surface area (Å²) in [4.78, 5) is 32.3. The number of hydrogen-bond acceptors (Lipinski definition) is 5. The largest absolute Gasteiger partial charge is 0.493 e. The summed E-state index contributed by atoms with van der Waals surface area (Å²) >= 11 is 6.12. The maximum Gasteiger partial charge on any atom is 0.236 e. The van der Waals surface area contributed by atoms with Crippen LogP contribution in [-0.2, 0) is 14.3 Å². The standard InChI is InChI=1S/C24H34ClN3O4/c25-20-5-3-6-21(15-20)32-19-24(16-22(29)27-11-13-31-14-12-27)7-4-10-28(18-24)23(30)17-26-8-1-2-9-26/h3,5-6,15H,1-2,4,7-14,16-19H2. The van der Waals surface area contributed by atoms with E-state index < -0.39 is 5.41 Å². The van der Waals surface area contributed by atoms with Gasteiger partial charge < -0.3 is 19.3 Å². The summed E-state index contributed by atoms with van der Waals surface area (Å²) in [5.41, 5.74) is -0.406. The molecule has 0 saturated carbocycles. The molecule has 0 bridgehead atoms. The van der Waals surface area contributed by atoms with Crippen molar-refractivity contribution in [2.75, 3.05) is 65.6 Å². The molecule has 1 unspecified atom stereocenters. The summed E-state index contributed by atoms with van der Waals surface area (Å²) in [6.07, 6.45) is 4.44. The van der Waals surface area contributed by atoms with Crippen molar-refractivity contribution in [2.24, 2.45) is 5.41 Å². The number of benzene rings is 1. The predicted molar refractivity (Wildman–Crippen MR) is 123 cm³/mol. The van der Waals surface area contributed by atoms with Crippen molar-refractivity contribution < 1.29 is 19.1 Å². The minimum Gasteiger partial charge on any atom is -0.493 e. The minimum absolute atomic E-state index is 0.122. The molecule has 2 amide bonds. The lowest BCUT2D eigenvalue weighted by atomic mass is 9.77. The van der Waals surface area contributed by atoms with E-state index in [1.165, 1.54) is 12.8 Å². The van der Waals surface area contributed by atoms with Crippen LogP contribution in [0.4, 0.5) is 0 Å². The first-order chi connectivity index (χ1) is 15.5. The van der Waals surface area contributed by atoms with Crippen molar-refractivity contribution in [2.45, 2.75) is 32.1 Å². The van der Waals surface area contributed by atoms with E-state index in [1.807, 2.05) is 28.0 Å². The van der Waals surface area contributed by atoms with Crippen LogP contribution in [0.25, 0.3) is 0 Å². The van der Waals surface area contributed by atoms with E-state index in [0.29, 0.717) is 63.2 Å². The average Bonchev–Trinajstić information content (AvgIpc) is 3.32. The van der Waals surface area contributed by atoms with Crippen LogP contribution in [0.2, 0.25) is 5.02 Å². The van der Waals surface area contributed by atoms with Crippen LogP contribution in [0.15, 0.2) is 24.3 Å². The Bertz CT molecular complexity index is 795. The zero-order valence-electron chi connectivity index (χ0n) is 18.8. The molecule has 0 radical (unpaired) electrons. The highest BCUT2D eigenvalue weighted by Gasteiger charge is 2.41. The molecule has 3 saturated heterocycles. The fraction of sp³-hybridized carbons (Fsp3) is 0.667. The molecule has 3 heterocycles. The van der Waals surface area contributed by atoms with Crippen LogP contribution in [0.1, 0.15) is 32.1 Å². The first-order valence-electron chi connectivity index (χ1n) is 11.8. The number of likely N-dealkylation sites (tertiary alicyclic amines) is 2. The van der Waals surface area contributed by atoms with Crippen molar-refractivity contribution in [3.8, 4) is 5.75 Å². The normalized spacial score (nSPS) is 24.5. The molecule has 7 nitrogen and oxygen atoms in total. The average molecular weight is 464 g/mol. The second-order valence-corrected chi connectivity index (χ2v) is 9.75. The Hall–Kier alpha value is -1.83. The van der Waals surface area contributed by atoms with Crippen LogP contribution < -0.4 is 4.74 Å². The predicted octanol–water partition coefficient (Wildman–Crippen LogP) is 2.67. The van der Waals surface area contributed by atoms with E-state index in [-0.39, 0.29) is 11.8 Å². The SMILES string of the molecule is O=C(CC1(COc2cccc(Cl)c2)CCCN(C(=O)CN2CCCC2)C1)N1CCOCC1. The number of halogens is 1. The zero-order valence-corrected chi connectivity index (χ0v) is 19.5. The Morgan fingerprint density at radius 2 is 1.78 bits per heavy atom. The Morgan fingerprint density at radius 1 is 1.00 bits per heavy atom. The van der Waals surface area contributed by atoms with E-state index in [9.17, 15) is 9.59 Å². The Morgan fingerprint density at radius 3 is 2.53 bits per heavy atom. The van der Waals surface area contributed by atoms with Gasteiger partial charge in [-0.05, 0) is 57.0 Å². The molecule has 3 aliphatic heterocycles. The van der Waals surface area contributed by atoms with Crippen molar-refractivity contribution in [1.29, 1.82) is 0 Å². The van der Waals surface area contributed by atoms with Gasteiger partial charge in [-0.3, -0.25) is 14.5 Å². The van der Waals surface area contributed by atoms with Gasteiger partial charge in [0.25, 0.3) is 0 Å². The molecule has 1 aromatic rings. The fourth-order valence-corrected chi connectivity index (χ4v) is 5.18. The Kier molecular flexibility index (Phi) is 7.92. The topological polar surface area (TPSA) is 62.3 Å². The third-order valence-electron chi connectivity index (χ3n) is 6.80. The molecular weight excluding hydrogens is 430 g/mol. The molecule has 1 atom stereocenters. The zero-order chi connectivity index (χ0) is 22.4. The van der Waals surface area contributed by atoms with Crippen molar-refractivity contribution in [3.63, 3.8) is 0 Å². The number of morpholine rings is 1. The van der Waals surface area contributed by atoms with Gasteiger partial charge >= 0.3 is 0 Å². The molecule has 0 aromatic heterocycles. The molecule has 1 aromatic carbocycles. The molecule has 3 aliphatic rings. The third kappa shape index (κ3) is 6.15. The van der Waals surface area contributed by atoms with Crippen molar-refractivity contribution in [3.05, 3.63) is 29.3 Å². The number of nitrogens with zero attached hydrogens (tertiary/aromatic N) is 3. The van der Waals surface area contributed by atoms with E-state index in [4.69, 9.17) is 21.1 Å².